The summed E-state index contributed by atoms with van der Waals surface area (Å²) in [7, 11) is 0. The van der Waals surface area contributed by atoms with E-state index in [9.17, 15) is 8.78 Å². The number of rotatable bonds is 14. The standard InChI is InChI=1S/C26H40F2/c1-18(2)10-12-22(6)24(8)16-26(28)25(9)23(7)15-14-21(5)20(4)13-11-19(3)17-27/h14-16,18-20,22H,5,7-13,17H2,1-4,6H3/b15-14-,26-16+. The van der Waals surface area contributed by atoms with Crippen LogP contribution in [0.2, 0.25) is 0 Å². The second-order valence-electron chi connectivity index (χ2n) is 8.59. The van der Waals surface area contributed by atoms with E-state index < -0.39 is 5.83 Å². The molecule has 0 aromatic heterocycles. The highest BCUT2D eigenvalue weighted by Gasteiger charge is 2.11. The van der Waals surface area contributed by atoms with E-state index in [4.69, 9.17) is 0 Å². The van der Waals surface area contributed by atoms with Gasteiger partial charge in [-0.15, -0.1) is 0 Å². The van der Waals surface area contributed by atoms with Crippen LogP contribution in [-0.4, -0.2) is 6.67 Å². The minimum absolute atomic E-state index is 0.0734. The summed E-state index contributed by atoms with van der Waals surface area (Å²) in [6.45, 7) is 25.9. The average molecular weight is 391 g/mol. The number of alkyl halides is 1. The molecule has 0 radical (unpaired) electrons. The highest BCUT2D eigenvalue weighted by molar-refractivity contribution is 5.48. The largest absolute Gasteiger partial charge is 0.251 e. The Morgan fingerprint density at radius 1 is 0.786 bits per heavy atom. The second-order valence-corrected chi connectivity index (χ2v) is 8.59. The summed E-state index contributed by atoms with van der Waals surface area (Å²) in [4.78, 5) is 0. The van der Waals surface area contributed by atoms with E-state index >= 15 is 0 Å². The van der Waals surface area contributed by atoms with Gasteiger partial charge >= 0.3 is 0 Å². The van der Waals surface area contributed by atoms with E-state index in [1.807, 2.05) is 13.0 Å². The molecule has 0 spiro atoms. The van der Waals surface area contributed by atoms with Gasteiger partial charge in [0, 0.05) is 5.57 Å². The quantitative estimate of drug-likeness (QED) is 0.260. The summed E-state index contributed by atoms with van der Waals surface area (Å²) in [5, 5.41) is 0. The monoisotopic (exact) mass is 390 g/mol. The van der Waals surface area contributed by atoms with Crippen LogP contribution in [0.5, 0.6) is 0 Å². The molecule has 3 unspecified atom stereocenters. The maximum absolute atomic E-state index is 14.5. The maximum Gasteiger partial charge on any atom is 0.130 e. The van der Waals surface area contributed by atoms with Crippen LogP contribution in [0.4, 0.5) is 8.78 Å². The van der Waals surface area contributed by atoms with Crippen LogP contribution in [0.25, 0.3) is 0 Å². The summed E-state index contributed by atoms with van der Waals surface area (Å²) < 4.78 is 27.1. The Labute approximate surface area is 172 Å². The molecule has 2 heteroatoms. The van der Waals surface area contributed by atoms with Crippen molar-refractivity contribution in [1.29, 1.82) is 0 Å². The van der Waals surface area contributed by atoms with Gasteiger partial charge in [0.25, 0.3) is 0 Å². The van der Waals surface area contributed by atoms with E-state index in [0.717, 1.165) is 36.8 Å². The van der Waals surface area contributed by atoms with Gasteiger partial charge in [0.05, 0.1) is 6.67 Å². The highest BCUT2D eigenvalue weighted by Crippen LogP contribution is 2.26. The van der Waals surface area contributed by atoms with Crippen molar-refractivity contribution in [2.24, 2.45) is 23.7 Å². The third kappa shape index (κ3) is 10.6. The molecule has 28 heavy (non-hydrogen) atoms. The molecule has 0 saturated carbocycles. The third-order valence-corrected chi connectivity index (χ3v) is 5.29. The van der Waals surface area contributed by atoms with Crippen LogP contribution in [0, 0.1) is 23.7 Å². The molecule has 0 rings (SSSR count). The minimum Gasteiger partial charge on any atom is -0.251 e. The molecule has 0 aromatic rings. The molecule has 158 valence electrons. The van der Waals surface area contributed by atoms with Crippen LogP contribution >= 0.6 is 0 Å². The molecule has 0 amide bonds. The first-order chi connectivity index (χ1) is 13.0. The number of allylic oxidation sites excluding steroid dienone is 8. The van der Waals surface area contributed by atoms with Gasteiger partial charge in [0.15, 0.2) is 0 Å². The Bertz CT molecular complexity index is 604. The molecule has 0 heterocycles. The van der Waals surface area contributed by atoms with Gasteiger partial charge in [0.2, 0.25) is 0 Å². The second kappa shape index (κ2) is 13.5. The Kier molecular flexibility index (Phi) is 12.7. The molecule has 0 fully saturated rings. The summed E-state index contributed by atoms with van der Waals surface area (Å²) in [5.74, 6) is 0.778. The zero-order valence-electron chi connectivity index (χ0n) is 18.7. The molecule has 0 aromatic carbocycles. The first-order valence-electron chi connectivity index (χ1n) is 10.4. The molecule has 0 aliphatic carbocycles. The Balaban J connectivity index is 4.74. The third-order valence-electron chi connectivity index (χ3n) is 5.29. The lowest BCUT2D eigenvalue weighted by atomic mass is 9.92. The fraction of sp³-hybridized carbons (Fsp3) is 0.538. The van der Waals surface area contributed by atoms with E-state index in [-0.39, 0.29) is 30.0 Å². The van der Waals surface area contributed by atoms with Gasteiger partial charge < -0.3 is 0 Å². The van der Waals surface area contributed by atoms with E-state index in [1.165, 1.54) is 6.08 Å². The van der Waals surface area contributed by atoms with Gasteiger partial charge in [0.1, 0.15) is 5.83 Å². The molecule has 0 aliphatic heterocycles. The zero-order valence-corrected chi connectivity index (χ0v) is 18.7. The fourth-order valence-corrected chi connectivity index (χ4v) is 2.58. The summed E-state index contributed by atoms with van der Waals surface area (Å²) in [5.41, 5.74) is 2.48. The normalized spacial score (nSPS) is 15.5. The lowest BCUT2D eigenvalue weighted by molar-refractivity contribution is 0.348. The van der Waals surface area contributed by atoms with Gasteiger partial charge in [-0.1, -0.05) is 85.1 Å². The molecule has 0 nitrogen and oxygen atoms in total. The summed E-state index contributed by atoms with van der Waals surface area (Å²) in [6, 6.07) is 0. The van der Waals surface area contributed by atoms with Crippen LogP contribution < -0.4 is 0 Å². The number of halogens is 2. The van der Waals surface area contributed by atoms with Crippen molar-refractivity contribution in [3.05, 3.63) is 72.7 Å². The lowest BCUT2D eigenvalue weighted by Crippen LogP contribution is -2.03. The molecular formula is C26H40F2. The van der Waals surface area contributed by atoms with Crippen molar-refractivity contribution in [3.63, 3.8) is 0 Å². The van der Waals surface area contributed by atoms with E-state index in [1.54, 1.807) is 6.08 Å². The van der Waals surface area contributed by atoms with Gasteiger partial charge in [-0.25, -0.2) is 4.39 Å². The minimum atomic E-state index is -0.397. The van der Waals surface area contributed by atoms with Crippen molar-refractivity contribution >= 4 is 0 Å². The lowest BCUT2D eigenvalue weighted by Gasteiger charge is -2.14. The van der Waals surface area contributed by atoms with Crippen molar-refractivity contribution in [3.8, 4) is 0 Å². The van der Waals surface area contributed by atoms with Gasteiger partial charge in [-0.3, -0.25) is 4.39 Å². The Morgan fingerprint density at radius 3 is 1.86 bits per heavy atom. The van der Waals surface area contributed by atoms with Crippen molar-refractivity contribution in [1.82, 2.24) is 0 Å². The smallest absolute Gasteiger partial charge is 0.130 e. The molecule has 0 saturated heterocycles. The van der Waals surface area contributed by atoms with Crippen molar-refractivity contribution in [2.45, 2.75) is 60.3 Å². The maximum atomic E-state index is 14.5. The van der Waals surface area contributed by atoms with Crippen LogP contribution in [0.15, 0.2) is 72.7 Å². The van der Waals surface area contributed by atoms with Gasteiger partial charge in [-0.2, -0.15) is 0 Å². The molecule has 0 bridgehead atoms. The first kappa shape index (κ1) is 26.3. The Morgan fingerprint density at radius 2 is 1.32 bits per heavy atom. The van der Waals surface area contributed by atoms with Crippen LogP contribution in [0.3, 0.4) is 0 Å². The molecule has 0 N–H and O–H groups in total. The van der Waals surface area contributed by atoms with Crippen LogP contribution in [-0.2, 0) is 0 Å². The van der Waals surface area contributed by atoms with E-state index in [0.29, 0.717) is 11.5 Å². The Hall–Kier alpha value is -1.70. The molecule has 0 aliphatic rings. The van der Waals surface area contributed by atoms with Gasteiger partial charge in [-0.05, 0) is 60.2 Å². The predicted molar refractivity (Wildman–Crippen MR) is 122 cm³/mol. The SMILES string of the molecule is C=C(/C=C\C(=C)C(C)CCC(C)CF)C(=C)/C(F)=C\C(=C)C(C)CCC(C)C. The first-order valence-corrected chi connectivity index (χ1v) is 10.4. The fourth-order valence-electron chi connectivity index (χ4n) is 2.58. The highest BCUT2D eigenvalue weighted by atomic mass is 19.1. The van der Waals surface area contributed by atoms with Crippen molar-refractivity contribution < 1.29 is 8.78 Å². The molecular weight excluding hydrogens is 350 g/mol. The zero-order chi connectivity index (χ0) is 21.9. The topological polar surface area (TPSA) is 0 Å². The summed E-state index contributed by atoms with van der Waals surface area (Å²) in [6.07, 6.45) is 8.87. The summed E-state index contributed by atoms with van der Waals surface area (Å²) >= 11 is 0. The number of hydrogen-bond acceptors (Lipinski definition) is 0. The molecule has 3 atom stereocenters. The van der Waals surface area contributed by atoms with E-state index in [2.05, 4.69) is 54.0 Å². The average Bonchev–Trinajstić information content (AvgIpc) is 2.66. The predicted octanol–water partition coefficient (Wildman–Crippen LogP) is 8.72. The number of hydrogen-bond donors (Lipinski definition) is 0. The van der Waals surface area contributed by atoms with Crippen LogP contribution in [0.1, 0.15) is 60.3 Å². The van der Waals surface area contributed by atoms with Crippen molar-refractivity contribution in [2.75, 3.05) is 6.67 Å².